The van der Waals surface area contributed by atoms with Crippen LogP contribution in [0.25, 0.3) is 0 Å². The van der Waals surface area contributed by atoms with Crippen LogP contribution in [0.2, 0.25) is 0 Å². The number of hydrogen-bond acceptors (Lipinski definition) is 3. The van der Waals surface area contributed by atoms with Crippen LogP contribution < -0.4 is 0 Å². The number of ether oxygens (including phenoxy) is 1. The van der Waals surface area contributed by atoms with Crippen molar-refractivity contribution >= 4 is 5.78 Å². The molecule has 1 aliphatic carbocycles. The van der Waals surface area contributed by atoms with Crippen molar-refractivity contribution in [2.24, 2.45) is 0 Å². The molecular weight excluding hydrogens is 240 g/mol. The predicted molar refractivity (Wildman–Crippen MR) is 74.1 cm³/mol. The maximum absolute atomic E-state index is 12.3. The van der Waals surface area contributed by atoms with Crippen LogP contribution >= 0.6 is 0 Å². The Balaban J connectivity index is 2.01. The van der Waals surface area contributed by atoms with E-state index in [9.17, 15) is 4.79 Å². The largest absolute Gasteiger partial charge is 0.371 e. The molecule has 2 rings (SSSR count). The second kappa shape index (κ2) is 5.87. The lowest BCUT2D eigenvalue weighted by atomic mass is 9.94. The van der Waals surface area contributed by atoms with Crippen molar-refractivity contribution < 1.29 is 9.53 Å². The fraction of sp³-hybridized carbons (Fsp3) is 0.733. The number of ketones is 1. The Kier molecular flexibility index (Phi) is 4.40. The molecule has 0 saturated heterocycles. The SMILES string of the molecule is CCC(C)(OC)C(=O)Cc1ccn(C2CCCC2)n1. The third kappa shape index (κ3) is 3.06. The monoisotopic (exact) mass is 264 g/mol. The van der Waals surface area contributed by atoms with Crippen molar-refractivity contribution in [2.45, 2.75) is 64.0 Å². The molecule has 1 fully saturated rings. The van der Waals surface area contributed by atoms with Crippen LogP contribution in [0.3, 0.4) is 0 Å². The van der Waals surface area contributed by atoms with Gasteiger partial charge in [-0.15, -0.1) is 0 Å². The van der Waals surface area contributed by atoms with Crippen LogP contribution in [-0.2, 0) is 16.0 Å². The third-order valence-electron chi connectivity index (χ3n) is 4.42. The summed E-state index contributed by atoms with van der Waals surface area (Å²) in [6.07, 6.45) is 8.05. The molecule has 4 nitrogen and oxygen atoms in total. The summed E-state index contributed by atoms with van der Waals surface area (Å²) < 4.78 is 7.38. The lowest BCUT2D eigenvalue weighted by molar-refractivity contribution is -0.138. The van der Waals surface area contributed by atoms with E-state index in [1.54, 1.807) is 7.11 Å². The maximum atomic E-state index is 12.3. The Hall–Kier alpha value is -1.16. The summed E-state index contributed by atoms with van der Waals surface area (Å²) in [5.41, 5.74) is 0.172. The van der Waals surface area contributed by atoms with E-state index in [0.717, 1.165) is 5.69 Å². The molecule has 1 unspecified atom stereocenters. The minimum absolute atomic E-state index is 0.106. The zero-order chi connectivity index (χ0) is 13.9. The van der Waals surface area contributed by atoms with Gasteiger partial charge < -0.3 is 4.74 Å². The summed E-state index contributed by atoms with van der Waals surface area (Å²) in [7, 11) is 1.60. The van der Waals surface area contributed by atoms with Crippen molar-refractivity contribution in [3.05, 3.63) is 18.0 Å². The van der Waals surface area contributed by atoms with Gasteiger partial charge in [0, 0.05) is 13.3 Å². The van der Waals surface area contributed by atoms with E-state index >= 15 is 0 Å². The fourth-order valence-corrected chi connectivity index (χ4v) is 2.65. The first-order valence-corrected chi connectivity index (χ1v) is 7.21. The van der Waals surface area contributed by atoms with Crippen molar-refractivity contribution in [3.63, 3.8) is 0 Å². The third-order valence-corrected chi connectivity index (χ3v) is 4.42. The molecule has 0 spiro atoms. The second-order valence-electron chi connectivity index (χ2n) is 5.61. The van der Waals surface area contributed by atoms with Crippen molar-refractivity contribution in [3.8, 4) is 0 Å². The molecule has 0 aliphatic heterocycles. The van der Waals surface area contributed by atoms with Crippen LogP contribution in [0.5, 0.6) is 0 Å². The van der Waals surface area contributed by atoms with E-state index < -0.39 is 5.60 Å². The molecule has 0 aromatic carbocycles. The Morgan fingerprint density at radius 1 is 1.53 bits per heavy atom. The lowest BCUT2D eigenvalue weighted by Crippen LogP contribution is -2.38. The molecule has 0 bridgehead atoms. The highest BCUT2D eigenvalue weighted by Crippen LogP contribution is 2.28. The molecule has 1 atom stereocenters. The summed E-state index contributed by atoms with van der Waals surface area (Å²) in [6, 6.07) is 2.49. The summed E-state index contributed by atoms with van der Waals surface area (Å²) in [6.45, 7) is 3.82. The summed E-state index contributed by atoms with van der Waals surface area (Å²) in [5.74, 6) is 0.106. The zero-order valence-electron chi connectivity index (χ0n) is 12.2. The average molecular weight is 264 g/mol. The Bertz CT molecular complexity index is 429. The zero-order valence-corrected chi connectivity index (χ0v) is 12.2. The first-order valence-electron chi connectivity index (χ1n) is 7.21. The number of aromatic nitrogens is 2. The molecule has 1 aromatic heterocycles. The average Bonchev–Trinajstić information content (AvgIpc) is 3.07. The van der Waals surface area contributed by atoms with Gasteiger partial charge in [0.05, 0.1) is 18.2 Å². The van der Waals surface area contributed by atoms with E-state index in [4.69, 9.17) is 4.74 Å². The summed E-state index contributed by atoms with van der Waals surface area (Å²) >= 11 is 0. The minimum atomic E-state index is -0.683. The first-order chi connectivity index (χ1) is 9.09. The number of hydrogen-bond donors (Lipinski definition) is 0. The van der Waals surface area contributed by atoms with Gasteiger partial charge in [-0.05, 0) is 32.3 Å². The number of Topliss-reactive ketones (excluding diaryl/α,β-unsaturated/α-hetero) is 1. The Labute approximate surface area is 115 Å². The topological polar surface area (TPSA) is 44.1 Å². The molecule has 1 aromatic rings. The molecule has 1 saturated carbocycles. The van der Waals surface area contributed by atoms with E-state index in [1.165, 1.54) is 25.7 Å². The molecule has 4 heteroatoms. The van der Waals surface area contributed by atoms with Crippen molar-refractivity contribution in [1.29, 1.82) is 0 Å². The molecule has 106 valence electrons. The van der Waals surface area contributed by atoms with Gasteiger partial charge in [0.2, 0.25) is 0 Å². The summed E-state index contributed by atoms with van der Waals surface area (Å²) in [5, 5.41) is 4.55. The molecule has 0 N–H and O–H groups in total. The fourth-order valence-electron chi connectivity index (χ4n) is 2.65. The van der Waals surface area contributed by atoms with Crippen molar-refractivity contribution in [2.75, 3.05) is 7.11 Å². The second-order valence-corrected chi connectivity index (χ2v) is 5.61. The van der Waals surface area contributed by atoms with Gasteiger partial charge in [0.1, 0.15) is 5.60 Å². The van der Waals surface area contributed by atoms with Gasteiger partial charge in [-0.25, -0.2) is 0 Å². The molecule has 1 heterocycles. The van der Waals surface area contributed by atoms with Gasteiger partial charge in [0.15, 0.2) is 5.78 Å². The summed E-state index contributed by atoms with van der Waals surface area (Å²) in [4.78, 5) is 12.3. The molecule has 0 amide bonds. The van der Waals surface area contributed by atoms with Gasteiger partial charge >= 0.3 is 0 Å². The van der Waals surface area contributed by atoms with E-state index in [-0.39, 0.29) is 5.78 Å². The molecule has 0 radical (unpaired) electrons. The lowest BCUT2D eigenvalue weighted by Gasteiger charge is -2.24. The Morgan fingerprint density at radius 3 is 2.79 bits per heavy atom. The first kappa shape index (κ1) is 14.3. The number of carbonyl (C=O) groups is 1. The molecule has 19 heavy (non-hydrogen) atoms. The van der Waals surface area contributed by atoms with Crippen molar-refractivity contribution in [1.82, 2.24) is 9.78 Å². The standard InChI is InChI=1S/C15H24N2O2/c1-4-15(2,19-3)14(18)11-12-9-10-17(16-12)13-7-5-6-8-13/h9-10,13H,4-8,11H2,1-3H3. The van der Waals surface area contributed by atoms with Gasteiger partial charge in [-0.3, -0.25) is 9.48 Å². The smallest absolute Gasteiger partial charge is 0.170 e. The van der Waals surface area contributed by atoms with Crippen LogP contribution in [0.4, 0.5) is 0 Å². The highest BCUT2D eigenvalue weighted by molar-refractivity contribution is 5.88. The van der Waals surface area contributed by atoms with Crippen LogP contribution in [0.15, 0.2) is 12.3 Å². The van der Waals surface area contributed by atoms with Crippen LogP contribution in [0.1, 0.15) is 57.7 Å². The van der Waals surface area contributed by atoms with Crippen LogP contribution in [-0.4, -0.2) is 28.3 Å². The minimum Gasteiger partial charge on any atom is -0.371 e. The number of methoxy groups -OCH3 is 1. The highest BCUT2D eigenvalue weighted by atomic mass is 16.5. The van der Waals surface area contributed by atoms with Gasteiger partial charge in [0.25, 0.3) is 0 Å². The van der Waals surface area contributed by atoms with Crippen LogP contribution in [0, 0.1) is 0 Å². The maximum Gasteiger partial charge on any atom is 0.170 e. The van der Waals surface area contributed by atoms with E-state index in [1.807, 2.05) is 30.8 Å². The Morgan fingerprint density at radius 2 is 2.21 bits per heavy atom. The molecular formula is C15H24N2O2. The number of rotatable bonds is 6. The molecule has 1 aliphatic rings. The normalized spacial score (nSPS) is 19.5. The predicted octanol–water partition coefficient (Wildman–Crippen LogP) is 2.92. The number of nitrogens with zero attached hydrogens (tertiary/aromatic N) is 2. The van der Waals surface area contributed by atoms with E-state index in [0.29, 0.717) is 18.9 Å². The van der Waals surface area contributed by atoms with E-state index in [2.05, 4.69) is 5.10 Å². The van der Waals surface area contributed by atoms with Gasteiger partial charge in [-0.1, -0.05) is 19.8 Å². The number of carbonyl (C=O) groups excluding carboxylic acids is 1. The highest BCUT2D eigenvalue weighted by Gasteiger charge is 2.31. The van der Waals surface area contributed by atoms with Gasteiger partial charge in [-0.2, -0.15) is 5.10 Å². The quantitative estimate of drug-likeness (QED) is 0.793.